The summed E-state index contributed by atoms with van der Waals surface area (Å²) in [5.74, 6) is 1.96. The van der Waals surface area contributed by atoms with Gasteiger partial charge in [0.1, 0.15) is 0 Å². The molecule has 4 aliphatic rings. The van der Waals surface area contributed by atoms with E-state index in [2.05, 4.69) is 13.8 Å². The fraction of sp³-hybridized carbons (Fsp3) is 0.950. The number of halogens is 1. The van der Waals surface area contributed by atoms with Gasteiger partial charge in [0.2, 0.25) is 0 Å². The zero-order chi connectivity index (χ0) is 16.6. The number of ketones is 1. The first kappa shape index (κ1) is 16.1. The van der Waals surface area contributed by atoms with Crippen molar-refractivity contribution in [2.24, 2.45) is 34.5 Å². The van der Waals surface area contributed by atoms with E-state index >= 15 is 0 Å². The number of alkyl halides is 1. The van der Waals surface area contributed by atoms with Crippen molar-refractivity contribution < 1.29 is 14.3 Å². The molecule has 0 amide bonds. The van der Waals surface area contributed by atoms with Gasteiger partial charge in [-0.3, -0.25) is 4.79 Å². The van der Waals surface area contributed by atoms with Crippen molar-refractivity contribution in [3.8, 4) is 0 Å². The number of carbonyl (C=O) groups is 1. The molecule has 2 nitrogen and oxygen atoms in total. The Morgan fingerprint density at radius 3 is 2.48 bits per heavy atom. The maximum atomic E-state index is 14.2. The van der Waals surface area contributed by atoms with Gasteiger partial charge in [-0.15, -0.1) is 0 Å². The summed E-state index contributed by atoms with van der Waals surface area (Å²) in [6, 6.07) is 0. The summed E-state index contributed by atoms with van der Waals surface area (Å²) in [5, 5.41) is 10.9. The number of aliphatic hydroxyl groups is 1. The molecule has 0 saturated heterocycles. The third kappa shape index (κ3) is 1.98. The van der Waals surface area contributed by atoms with Gasteiger partial charge in [0.25, 0.3) is 0 Å². The van der Waals surface area contributed by atoms with Crippen LogP contribution in [0, 0.1) is 34.5 Å². The van der Waals surface area contributed by atoms with Gasteiger partial charge in [-0.1, -0.05) is 13.8 Å². The Kier molecular flexibility index (Phi) is 3.35. The molecular formula is C20H31FO2. The van der Waals surface area contributed by atoms with Crippen molar-refractivity contribution in [3.05, 3.63) is 0 Å². The van der Waals surface area contributed by atoms with Crippen LogP contribution in [0.1, 0.15) is 72.1 Å². The summed E-state index contributed by atoms with van der Waals surface area (Å²) in [7, 11) is 0. The van der Waals surface area contributed by atoms with Gasteiger partial charge in [0.05, 0.1) is 5.60 Å². The first-order chi connectivity index (χ1) is 10.7. The zero-order valence-electron chi connectivity index (χ0n) is 14.8. The van der Waals surface area contributed by atoms with E-state index in [0.29, 0.717) is 36.5 Å². The van der Waals surface area contributed by atoms with Crippen molar-refractivity contribution >= 4 is 5.78 Å². The van der Waals surface area contributed by atoms with E-state index in [1.165, 1.54) is 6.42 Å². The fourth-order valence-corrected chi connectivity index (χ4v) is 7.30. The van der Waals surface area contributed by atoms with Gasteiger partial charge in [0, 0.05) is 6.42 Å². The molecule has 8 atom stereocenters. The van der Waals surface area contributed by atoms with Crippen LogP contribution in [0.5, 0.6) is 0 Å². The summed E-state index contributed by atoms with van der Waals surface area (Å²) in [6.07, 6.45) is 6.08. The molecule has 4 saturated carbocycles. The number of fused-ring (bicyclic) bond motifs is 5. The first-order valence-corrected chi connectivity index (χ1v) is 9.58. The van der Waals surface area contributed by atoms with Crippen molar-refractivity contribution in [2.75, 3.05) is 0 Å². The van der Waals surface area contributed by atoms with E-state index in [4.69, 9.17) is 0 Å². The molecule has 0 bridgehead atoms. The molecule has 0 aromatic carbocycles. The van der Waals surface area contributed by atoms with Gasteiger partial charge in [-0.25, -0.2) is 4.39 Å². The molecule has 4 aliphatic carbocycles. The Morgan fingerprint density at radius 1 is 1.04 bits per heavy atom. The van der Waals surface area contributed by atoms with E-state index in [1.807, 2.05) is 6.92 Å². The maximum absolute atomic E-state index is 14.2. The quantitative estimate of drug-likeness (QED) is 0.722. The lowest BCUT2D eigenvalue weighted by molar-refractivity contribution is -0.160. The van der Waals surface area contributed by atoms with E-state index < -0.39 is 11.8 Å². The molecule has 1 N–H and O–H groups in total. The number of hydrogen-bond donors (Lipinski definition) is 1. The lowest BCUT2D eigenvalue weighted by Gasteiger charge is -2.61. The van der Waals surface area contributed by atoms with Gasteiger partial charge in [0.15, 0.2) is 12.0 Å². The van der Waals surface area contributed by atoms with E-state index in [1.54, 1.807) is 0 Å². The SMILES string of the molecule is CC1(O)CC[C@H]2[C@@H]3CCC4CC(=O)C(F)C[C@]4(C)[C@@H]3CC[C@@]21C. The van der Waals surface area contributed by atoms with Crippen molar-refractivity contribution in [1.29, 1.82) is 0 Å². The Labute approximate surface area is 139 Å². The van der Waals surface area contributed by atoms with Crippen LogP contribution in [0.4, 0.5) is 4.39 Å². The van der Waals surface area contributed by atoms with Crippen LogP contribution in [-0.4, -0.2) is 22.7 Å². The van der Waals surface area contributed by atoms with Gasteiger partial charge in [-0.05, 0) is 86.4 Å². The maximum Gasteiger partial charge on any atom is 0.167 e. The second-order valence-corrected chi connectivity index (χ2v) is 9.77. The first-order valence-electron chi connectivity index (χ1n) is 9.58. The predicted molar refractivity (Wildman–Crippen MR) is 87.6 cm³/mol. The monoisotopic (exact) mass is 322 g/mol. The molecule has 4 fully saturated rings. The van der Waals surface area contributed by atoms with E-state index in [0.717, 1.165) is 32.1 Å². The minimum Gasteiger partial charge on any atom is -0.390 e. The Bertz CT molecular complexity index is 530. The highest BCUT2D eigenvalue weighted by molar-refractivity contribution is 5.84. The molecule has 0 aromatic heterocycles. The second kappa shape index (κ2) is 4.80. The summed E-state index contributed by atoms with van der Waals surface area (Å²) in [6.45, 7) is 6.58. The van der Waals surface area contributed by atoms with E-state index in [-0.39, 0.29) is 16.6 Å². The summed E-state index contributed by atoms with van der Waals surface area (Å²) in [4.78, 5) is 11.9. The standard InChI is InChI=1S/C20H31FO2/c1-18-11-16(21)17(22)10-12(18)4-5-13-14(18)6-8-19(2)15(13)7-9-20(19,3)23/h12-16,23H,4-11H2,1-3H3/t12?,13-,14-,15+,16?,18+,19+,20?/m1/s1. The summed E-state index contributed by atoms with van der Waals surface area (Å²) >= 11 is 0. The topological polar surface area (TPSA) is 37.3 Å². The average molecular weight is 322 g/mol. The Balaban J connectivity index is 1.66. The zero-order valence-corrected chi connectivity index (χ0v) is 14.8. The van der Waals surface area contributed by atoms with Gasteiger partial charge in [-0.2, -0.15) is 0 Å². The molecule has 3 unspecified atom stereocenters. The predicted octanol–water partition coefficient (Wildman–Crippen LogP) is 4.30. The third-order valence-corrected chi connectivity index (χ3v) is 9.04. The Morgan fingerprint density at radius 2 is 1.74 bits per heavy atom. The normalized spacial score (nSPS) is 59.2. The largest absolute Gasteiger partial charge is 0.390 e. The summed E-state index contributed by atoms with van der Waals surface area (Å²) < 4.78 is 14.2. The van der Waals surface area contributed by atoms with Crippen molar-refractivity contribution in [2.45, 2.75) is 83.9 Å². The van der Waals surface area contributed by atoms with Crippen LogP contribution >= 0.6 is 0 Å². The Hall–Kier alpha value is -0.440. The molecule has 130 valence electrons. The highest BCUT2D eigenvalue weighted by atomic mass is 19.1. The molecule has 0 radical (unpaired) electrons. The fourth-order valence-electron chi connectivity index (χ4n) is 7.30. The molecule has 0 aliphatic heterocycles. The molecule has 0 heterocycles. The van der Waals surface area contributed by atoms with Crippen LogP contribution < -0.4 is 0 Å². The van der Waals surface area contributed by atoms with Gasteiger partial charge >= 0.3 is 0 Å². The molecule has 0 aromatic rings. The summed E-state index contributed by atoms with van der Waals surface area (Å²) in [5.41, 5.74) is -0.533. The molecule has 3 heteroatoms. The minimum absolute atomic E-state index is 0.00792. The van der Waals surface area contributed by atoms with Crippen LogP contribution in [0.25, 0.3) is 0 Å². The van der Waals surface area contributed by atoms with Crippen LogP contribution in [0.15, 0.2) is 0 Å². The van der Waals surface area contributed by atoms with Crippen molar-refractivity contribution in [1.82, 2.24) is 0 Å². The highest BCUT2D eigenvalue weighted by Crippen LogP contribution is 2.68. The van der Waals surface area contributed by atoms with Gasteiger partial charge < -0.3 is 5.11 Å². The molecular weight excluding hydrogens is 291 g/mol. The lowest BCUT2D eigenvalue weighted by atomic mass is 9.44. The van der Waals surface area contributed by atoms with Crippen LogP contribution in [0.3, 0.4) is 0 Å². The smallest absolute Gasteiger partial charge is 0.167 e. The number of Topliss-reactive ketones (excluding diaryl/α,β-unsaturated/α-hetero) is 1. The molecule has 4 rings (SSSR count). The molecule has 0 spiro atoms. The van der Waals surface area contributed by atoms with Crippen LogP contribution in [0.2, 0.25) is 0 Å². The highest BCUT2D eigenvalue weighted by Gasteiger charge is 2.63. The van der Waals surface area contributed by atoms with E-state index in [9.17, 15) is 14.3 Å². The second-order valence-electron chi connectivity index (χ2n) is 9.77. The average Bonchev–Trinajstić information content (AvgIpc) is 2.71. The van der Waals surface area contributed by atoms with Crippen LogP contribution in [-0.2, 0) is 4.79 Å². The number of hydrogen-bond acceptors (Lipinski definition) is 2. The number of carbonyl (C=O) groups excluding carboxylic acids is 1. The molecule has 23 heavy (non-hydrogen) atoms. The number of rotatable bonds is 0. The third-order valence-electron chi connectivity index (χ3n) is 9.04. The lowest BCUT2D eigenvalue weighted by Crippen LogP contribution is -2.57. The minimum atomic E-state index is -1.24. The van der Waals surface area contributed by atoms with Crippen molar-refractivity contribution in [3.63, 3.8) is 0 Å².